The number of aromatic nitrogens is 3. The Bertz CT molecular complexity index is 941. The van der Waals surface area contributed by atoms with Crippen molar-refractivity contribution in [2.75, 3.05) is 27.2 Å². The molecular weight excluding hydrogens is 372 g/mol. The van der Waals surface area contributed by atoms with E-state index in [1.807, 2.05) is 48.8 Å². The topological polar surface area (TPSA) is 54.0 Å². The Morgan fingerprint density at radius 3 is 2.50 bits per heavy atom. The summed E-state index contributed by atoms with van der Waals surface area (Å²) in [5.74, 6) is 0.315. The van der Waals surface area contributed by atoms with Crippen molar-refractivity contribution in [2.45, 2.75) is 18.9 Å². The number of rotatable bonds is 4. The maximum Gasteiger partial charge on any atom is 0.115 e. The molecule has 2 aromatic heterocycles. The fraction of sp³-hybridized carbons (Fsp3) is 0.364. The lowest BCUT2D eigenvalue weighted by molar-refractivity contribution is -0.100. The molecule has 3 heterocycles. The molecule has 0 bridgehead atoms. The van der Waals surface area contributed by atoms with E-state index in [1.54, 1.807) is 7.11 Å². The molecule has 28 heavy (non-hydrogen) atoms. The van der Waals surface area contributed by atoms with Crippen LogP contribution in [-0.4, -0.2) is 47.3 Å². The number of halogens is 1. The van der Waals surface area contributed by atoms with Crippen LogP contribution in [0, 0.1) is 5.92 Å². The summed E-state index contributed by atoms with van der Waals surface area (Å²) >= 11 is 6.10. The van der Waals surface area contributed by atoms with E-state index in [0.29, 0.717) is 10.9 Å². The highest BCUT2D eigenvalue weighted by Crippen LogP contribution is 2.46. The second-order valence-corrected chi connectivity index (χ2v) is 8.01. The quantitative estimate of drug-likeness (QED) is 0.699. The van der Waals surface area contributed by atoms with Crippen LogP contribution in [-0.2, 0) is 10.3 Å². The predicted molar refractivity (Wildman–Crippen MR) is 112 cm³/mol. The number of hydrogen-bond donors (Lipinski definition) is 1. The van der Waals surface area contributed by atoms with E-state index in [1.165, 1.54) is 0 Å². The smallest absolute Gasteiger partial charge is 0.115 e. The van der Waals surface area contributed by atoms with Crippen LogP contribution in [0.4, 0.5) is 0 Å². The summed E-state index contributed by atoms with van der Waals surface area (Å²) in [6.07, 6.45) is 4.53. The van der Waals surface area contributed by atoms with E-state index in [0.717, 1.165) is 47.6 Å². The van der Waals surface area contributed by atoms with Gasteiger partial charge in [-0.05, 0) is 43.3 Å². The van der Waals surface area contributed by atoms with Crippen molar-refractivity contribution in [2.24, 2.45) is 5.92 Å². The van der Waals surface area contributed by atoms with Crippen LogP contribution in [0.15, 0.2) is 48.8 Å². The fourth-order valence-electron chi connectivity index (χ4n) is 4.35. The molecule has 0 amide bonds. The molecule has 0 spiro atoms. The van der Waals surface area contributed by atoms with Crippen LogP contribution in [0.25, 0.3) is 22.4 Å². The molecule has 1 saturated heterocycles. The highest BCUT2D eigenvalue weighted by Gasteiger charge is 2.45. The SMILES string of the molecule is COC1(c2[nH]nc(-c3ccc(Cl)cc3)c2-c2ccncc2)CCN(C)CC1C. The lowest BCUT2D eigenvalue weighted by Gasteiger charge is -2.44. The molecule has 1 N–H and O–H groups in total. The second-order valence-electron chi connectivity index (χ2n) is 7.57. The van der Waals surface area contributed by atoms with E-state index in [4.69, 9.17) is 21.4 Å². The van der Waals surface area contributed by atoms with Crippen LogP contribution in [0.2, 0.25) is 5.02 Å². The number of benzene rings is 1. The molecule has 1 fully saturated rings. The van der Waals surface area contributed by atoms with Gasteiger partial charge >= 0.3 is 0 Å². The van der Waals surface area contributed by atoms with Gasteiger partial charge in [-0.1, -0.05) is 30.7 Å². The number of nitrogens with one attached hydrogen (secondary N) is 1. The lowest BCUT2D eigenvalue weighted by Crippen LogP contribution is -2.49. The summed E-state index contributed by atoms with van der Waals surface area (Å²) in [7, 11) is 3.97. The largest absolute Gasteiger partial charge is 0.372 e. The van der Waals surface area contributed by atoms with Gasteiger partial charge in [0, 0.05) is 54.7 Å². The molecule has 1 aliphatic heterocycles. The Hall–Kier alpha value is -2.21. The van der Waals surface area contributed by atoms with Gasteiger partial charge in [0.25, 0.3) is 0 Å². The zero-order valence-electron chi connectivity index (χ0n) is 16.4. The molecule has 3 aromatic rings. The number of pyridine rings is 1. The van der Waals surface area contributed by atoms with Crippen LogP contribution in [0.1, 0.15) is 19.0 Å². The van der Waals surface area contributed by atoms with Crippen LogP contribution in [0.3, 0.4) is 0 Å². The number of piperidine rings is 1. The van der Waals surface area contributed by atoms with E-state index < -0.39 is 5.60 Å². The van der Waals surface area contributed by atoms with Gasteiger partial charge in [-0.25, -0.2) is 0 Å². The number of methoxy groups -OCH3 is 1. The van der Waals surface area contributed by atoms with Crippen molar-refractivity contribution in [3.05, 3.63) is 59.5 Å². The zero-order chi connectivity index (χ0) is 19.7. The molecule has 0 radical (unpaired) electrons. The van der Waals surface area contributed by atoms with Gasteiger partial charge in [-0.15, -0.1) is 0 Å². The van der Waals surface area contributed by atoms with Crippen molar-refractivity contribution in [1.82, 2.24) is 20.1 Å². The van der Waals surface area contributed by atoms with Gasteiger partial charge in [0.05, 0.1) is 5.69 Å². The average molecular weight is 397 g/mol. The van der Waals surface area contributed by atoms with Crippen LogP contribution < -0.4 is 0 Å². The van der Waals surface area contributed by atoms with Gasteiger partial charge in [0.1, 0.15) is 11.3 Å². The van der Waals surface area contributed by atoms with Crippen LogP contribution in [0.5, 0.6) is 0 Å². The summed E-state index contributed by atoms with van der Waals surface area (Å²) in [4.78, 5) is 6.54. The van der Waals surface area contributed by atoms with Gasteiger partial charge < -0.3 is 9.64 Å². The normalized spacial score (nSPS) is 23.1. The van der Waals surface area contributed by atoms with Crippen molar-refractivity contribution in [3.63, 3.8) is 0 Å². The molecule has 0 saturated carbocycles. The fourth-order valence-corrected chi connectivity index (χ4v) is 4.48. The molecule has 6 heteroatoms. The number of hydrogen-bond acceptors (Lipinski definition) is 4. The highest BCUT2D eigenvalue weighted by molar-refractivity contribution is 6.30. The number of likely N-dealkylation sites (tertiary alicyclic amines) is 1. The van der Waals surface area contributed by atoms with E-state index in [-0.39, 0.29) is 0 Å². The Labute approximate surface area is 170 Å². The molecule has 1 aliphatic rings. The molecular formula is C22H25ClN4O. The zero-order valence-corrected chi connectivity index (χ0v) is 17.2. The molecule has 2 atom stereocenters. The van der Waals surface area contributed by atoms with Crippen molar-refractivity contribution in [3.8, 4) is 22.4 Å². The third-order valence-electron chi connectivity index (χ3n) is 5.89. The Kier molecular flexibility index (Phi) is 5.23. The lowest BCUT2D eigenvalue weighted by atomic mass is 9.77. The second kappa shape index (κ2) is 7.66. The van der Waals surface area contributed by atoms with Crippen molar-refractivity contribution in [1.29, 1.82) is 0 Å². The number of nitrogens with zero attached hydrogens (tertiary/aromatic N) is 3. The minimum absolute atomic E-state index is 0.315. The Balaban J connectivity index is 1.92. The van der Waals surface area contributed by atoms with Gasteiger partial charge in [-0.2, -0.15) is 5.10 Å². The molecule has 4 rings (SSSR count). The van der Waals surface area contributed by atoms with Gasteiger partial charge in [0.15, 0.2) is 0 Å². The standard InChI is InChI=1S/C22H25ClN4O/c1-15-14-27(2)13-10-22(15,28-3)21-19(16-8-11-24-12-9-16)20(25-26-21)17-4-6-18(23)7-5-17/h4-9,11-12,15H,10,13-14H2,1-3H3,(H,25,26). The maximum atomic E-state index is 6.22. The summed E-state index contributed by atoms with van der Waals surface area (Å²) in [6.45, 7) is 4.19. The molecule has 0 aliphatic carbocycles. The minimum Gasteiger partial charge on any atom is -0.372 e. The van der Waals surface area contributed by atoms with Gasteiger partial charge in [-0.3, -0.25) is 10.1 Å². The third kappa shape index (κ3) is 3.24. The molecule has 1 aromatic carbocycles. The molecule has 146 valence electrons. The van der Waals surface area contributed by atoms with Crippen molar-refractivity contribution >= 4 is 11.6 Å². The third-order valence-corrected chi connectivity index (χ3v) is 6.14. The number of aromatic amines is 1. The van der Waals surface area contributed by atoms with E-state index >= 15 is 0 Å². The van der Waals surface area contributed by atoms with Gasteiger partial charge in [0.2, 0.25) is 0 Å². The highest BCUT2D eigenvalue weighted by atomic mass is 35.5. The summed E-state index contributed by atoms with van der Waals surface area (Å²) in [5.41, 5.74) is 4.69. The first kappa shape index (κ1) is 19.1. The first-order valence-electron chi connectivity index (χ1n) is 9.54. The van der Waals surface area contributed by atoms with E-state index in [9.17, 15) is 0 Å². The predicted octanol–water partition coefficient (Wildman–Crippen LogP) is 4.61. The van der Waals surface area contributed by atoms with E-state index in [2.05, 4.69) is 29.0 Å². The maximum absolute atomic E-state index is 6.22. The Morgan fingerprint density at radius 2 is 1.86 bits per heavy atom. The monoisotopic (exact) mass is 396 g/mol. The van der Waals surface area contributed by atoms with Crippen molar-refractivity contribution < 1.29 is 4.74 Å². The number of ether oxygens (including phenoxy) is 1. The summed E-state index contributed by atoms with van der Waals surface area (Å²) < 4.78 is 6.22. The Morgan fingerprint density at radius 1 is 1.14 bits per heavy atom. The average Bonchev–Trinajstić information content (AvgIpc) is 3.15. The molecule has 2 unspecified atom stereocenters. The number of H-pyrrole nitrogens is 1. The van der Waals surface area contributed by atoms with Crippen LogP contribution >= 0.6 is 11.6 Å². The first-order valence-corrected chi connectivity index (χ1v) is 9.92. The molecule has 5 nitrogen and oxygen atoms in total. The summed E-state index contributed by atoms with van der Waals surface area (Å²) in [6, 6.07) is 11.8. The summed E-state index contributed by atoms with van der Waals surface area (Å²) in [5, 5.41) is 8.79. The minimum atomic E-state index is -0.414. The first-order chi connectivity index (χ1) is 13.5.